The second-order valence-electron chi connectivity index (χ2n) is 19.4. The fourth-order valence-electron chi connectivity index (χ4n) is 10.1. The molecule has 0 radical (unpaired) electrons. The number of pyridine rings is 1. The van der Waals surface area contributed by atoms with Gasteiger partial charge in [0.1, 0.15) is 18.9 Å². The van der Waals surface area contributed by atoms with Gasteiger partial charge in [-0.15, -0.1) is 0 Å². The van der Waals surface area contributed by atoms with Gasteiger partial charge in [0.05, 0.1) is 10.3 Å². The van der Waals surface area contributed by atoms with Crippen molar-refractivity contribution in [1.82, 2.24) is 0 Å². The van der Waals surface area contributed by atoms with Crippen molar-refractivity contribution in [2.75, 3.05) is 11.4 Å². The number of carbonyl (C=O) groups excluding carboxylic acids is 1. The van der Waals surface area contributed by atoms with Crippen molar-refractivity contribution in [3.8, 4) is 5.75 Å². The van der Waals surface area contributed by atoms with Gasteiger partial charge in [0, 0.05) is 60.5 Å². The number of esters is 1. The summed E-state index contributed by atoms with van der Waals surface area (Å²) in [6.45, 7) is 8.58. The minimum atomic E-state index is -0.845. The number of para-hydroxylation sites is 1. The normalized spacial score (nSPS) is 15.9. The van der Waals surface area contributed by atoms with Crippen LogP contribution in [0.4, 0.5) is 11.4 Å². The Balaban J connectivity index is 1.03. The van der Waals surface area contributed by atoms with E-state index in [1.807, 2.05) is 6.08 Å². The van der Waals surface area contributed by atoms with Gasteiger partial charge in [0.2, 0.25) is 5.72 Å². The lowest BCUT2D eigenvalue weighted by Gasteiger charge is -2.47. The second kappa shape index (κ2) is 28.0. The van der Waals surface area contributed by atoms with Crippen molar-refractivity contribution in [2.45, 2.75) is 225 Å². The quantitative estimate of drug-likeness (QED) is 0.0195. The molecule has 0 amide bonds. The highest BCUT2D eigenvalue weighted by Crippen LogP contribution is 2.55. The number of fused-ring (bicyclic) bond motifs is 2. The van der Waals surface area contributed by atoms with Crippen LogP contribution in [0, 0.1) is 10.1 Å². The van der Waals surface area contributed by atoms with E-state index in [0.29, 0.717) is 23.3 Å². The predicted molar refractivity (Wildman–Crippen MR) is 264 cm³/mol. The Morgan fingerprint density at radius 3 is 1.80 bits per heavy atom. The van der Waals surface area contributed by atoms with Gasteiger partial charge in [-0.1, -0.05) is 179 Å². The third kappa shape index (κ3) is 15.5. The number of hydrogen-bond acceptors (Lipinski definition) is 6. The van der Waals surface area contributed by atoms with Crippen molar-refractivity contribution in [3.63, 3.8) is 0 Å². The minimum Gasteiger partial charge on any atom is -0.462 e. The van der Waals surface area contributed by atoms with Crippen LogP contribution in [0.15, 0.2) is 73.1 Å². The molecule has 3 heterocycles. The molecule has 64 heavy (non-hydrogen) atoms. The topological polar surface area (TPSA) is 85.8 Å². The van der Waals surface area contributed by atoms with Crippen LogP contribution < -0.4 is 14.2 Å². The highest BCUT2D eigenvalue weighted by molar-refractivity contribution is 5.74. The Morgan fingerprint density at radius 1 is 0.688 bits per heavy atom. The number of rotatable bonds is 34. The van der Waals surface area contributed by atoms with Crippen LogP contribution in [0.3, 0.4) is 0 Å². The van der Waals surface area contributed by atoms with E-state index >= 15 is 0 Å². The van der Waals surface area contributed by atoms with Gasteiger partial charge in [-0.05, 0) is 56.9 Å². The molecule has 0 aliphatic carbocycles. The first kappa shape index (κ1) is 50.8. The van der Waals surface area contributed by atoms with Crippen molar-refractivity contribution >= 4 is 23.4 Å². The van der Waals surface area contributed by atoms with E-state index in [4.69, 9.17) is 9.47 Å². The first-order valence-corrected chi connectivity index (χ1v) is 25.9. The van der Waals surface area contributed by atoms with E-state index < -0.39 is 11.1 Å². The molecule has 0 fully saturated rings. The monoisotopic (exact) mass is 879 g/mol. The number of aromatic nitrogens is 1. The Morgan fingerprint density at radius 2 is 1.22 bits per heavy atom. The van der Waals surface area contributed by atoms with Gasteiger partial charge in [-0.25, -0.2) is 4.57 Å². The Labute approximate surface area is 387 Å². The summed E-state index contributed by atoms with van der Waals surface area (Å²) < 4.78 is 15.3. The van der Waals surface area contributed by atoms with Crippen LogP contribution in [0.2, 0.25) is 0 Å². The number of ether oxygens (including phenoxy) is 2. The maximum atomic E-state index is 13.0. The zero-order chi connectivity index (χ0) is 45.3. The molecule has 0 bridgehead atoms. The molecule has 2 aliphatic rings. The number of carbonyl (C=O) groups is 1. The van der Waals surface area contributed by atoms with E-state index in [-0.39, 0.29) is 23.2 Å². The molecule has 2 aromatic carbocycles. The summed E-state index contributed by atoms with van der Waals surface area (Å²) in [5.74, 6) is 0.288. The molecule has 1 unspecified atom stereocenters. The van der Waals surface area contributed by atoms with Gasteiger partial charge < -0.3 is 14.4 Å². The average Bonchev–Trinajstić information content (AvgIpc) is 3.47. The van der Waals surface area contributed by atoms with Gasteiger partial charge in [-0.3, -0.25) is 14.9 Å². The number of non-ortho nitro benzene ring substituents is 1. The third-order valence-corrected chi connectivity index (χ3v) is 14.0. The summed E-state index contributed by atoms with van der Waals surface area (Å²) in [6.07, 6.45) is 43.2. The average molecular weight is 879 g/mol. The molecule has 1 aromatic heterocycles. The summed E-state index contributed by atoms with van der Waals surface area (Å²) in [6, 6.07) is 17.9. The molecule has 1 atom stereocenters. The maximum Gasteiger partial charge on any atom is 0.306 e. The molecule has 0 saturated carbocycles. The van der Waals surface area contributed by atoms with E-state index in [2.05, 4.69) is 91.2 Å². The van der Waals surface area contributed by atoms with E-state index in [1.165, 1.54) is 153 Å². The molecule has 5 rings (SSSR count). The Kier molecular flexibility index (Phi) is 22.2. The first-order chi connectivity index (χ1) is 31.3. The molecular formula is C56H84N3O5+. The summed E-state index contributed by atoms with van der Waals surface area (Å²) in [4.78, 5) is 27.1. The summed E-state index contributed by atoms with van der Waals surface area (Å²) in [7, 11) is 0. The molecule has 1 spiro atoms. The molecule has 8 nitrogen and oxygen atoms in total. The number of hydrogen-bond donors (Lipinski definition) is 0. The fraction of sp³-hybridized carbons (Fsp3) is 0.643. The van der Waals surface area contributed by atoms with Crippen molar-refractivity contribution < 1.29 is 23.8 Å². The maximum absolute atomic E-state index is 13.0. The molecule has 0 N–H and O–H groups in total. The zero-order valence-corrected chi connectivity index (χ0v) is 40.3. The van der Waals surface area contributed by atoms with Crippen LogP contribution in [0.5, 0.6) is 5.75 Å². The lowest BCUT2D eigenvalue weighted by Crippen LogP contribution is -2.59. The van der Waals surface area contributed by atoms with E-state index in [1.54, 1.807) is 6.07 Å². The number of unbranched alkanes of at least 4 members (excludes halogenated alkanes) is 25. The van der Waals surface area contributed by atoms with E-state index in [9.17, 15) is 14.9 Å². The summed E-state index contributed by atoms with van der Waals surface area (Å²) in [5.41, 5.74) is 2.23. The smallest absolute Gasteiger partial charge is 0.306 e. The van der Waals surface area contributed by atoms with Gasteiger partial charge in [0.25, 0.3) is 5.69 Å². The number of nitro benzene ring substituents is 1. The number of nitrogens with zero attached hydrogens (tertiary/aromatic N) is 3. The SMILES string of the molecule is CCCCCCCCCCCCCCCCCCCCCC(=O)OCc1cc([N+](=O)[O-])cc2c1OC1(C=C2)N(CCCCCCCCCC[n+]2ccccc2)c2ccccc2C1(C)C. The second-order valence-corrected chi connectivity index (χ2v) is 19.4. The van der Waals surface area contributed by atoms with Crippen molar-refractivity contribution in [3.05, 3.63) is 99.9 Å². The lowest BCUT2D eigenvalue weighted by molar-refractivity contribution is -0.697. The molecule has 2 aliphatic heterocycles. The molecular weight excluding hydrogens is 795 g/mol. The minimum absolute atomic E-state index is 0.0336. The largest absolute Gasteiger partial charge is 0.462 e. The summed E-state index contributed by atoms with van der Waals surface area (Å²) >= 11 is 0. The summed E-state index contributed by atoms with van der Waals surface area (Å²) in [5, 5.41) is 12.1. The van der Waals surface area contributed by atoms with Gasteiger partial charge in [0.15, 0.2) is 12.4 Å². The molecule has 352 valence electrons. The van der Waals surface area contributed by atoms with Gasteiger partial charge in [-0.2, -0.15) is 0 Å². The fourth-order valence-corrected chi connectivity index (χ4v) is 10.1. The predicted octanol–water partition coefficient (Wildman–Crippen LogP) is 15.5. The van der Waals surface area contributed by atoms with Crippen LogP contribution in [-0.4, -0.2) is 23.2 Å². The van der Waals surface area contributed by atoms with Crippen LogP contribution in [-0.2, 0) is 28.1 Å². The lowest BCUT2D eigenvalue weighted by atomic mass is 9.76. The first-order valence-electron chi connectivity index (χ1n) is 25.9. The molecule has 8 heteroatoms. The zero-order valence-electron chi connectivity index (χ0n) is 40.3. The van der Waals surface area contributed by atoms with Crippen LogP contribution in [0.25, 0.3) is 6.08 Å². The standard InChI is InChI=1S/C56H84N3O5/c1-4-5-6-7-8-9-10-11-12-13-14-15-16-17-18-19-22-25-29-38-53(60)63-47-49-46-50(59(61)62)45-48-39-40-56(64-54(48)49)55(2,3)51-36-30-31-37-52(51)58(56)44-35-27-24-21-20-23-26-32-41-57-42-33-28-34-43-57/h28,30-31,33-34,36-37,39-40,42-43,45-46H,4-27,29,32,35,38,41,44,47H2,1-3H3/q+1. The number of aryl methyl sites for hydroxylation is 1. The van der Waals surface area contributed by atoms with E-state index in [0.717, 1.165) is 50.9 Å². The van der Waals surface area contributed by atoms with Crippen LogP contribution in [0.1, 0.15) is 217 Å². The van der Waals surface area contributed by atoms with Gasteiger partial charge >= 0.3 is 5.97 Å². The van der Waals surface area contributed by atoms with Crippen molar-refractivity contribution in [2.24, 2.45) is 0 Å². The number of anilines is 1. The number of nitro groups is 1. The third-order valence-electron chi connectivity index (χ3n) is 14.0. The molecule has 0 saturated heterocycles. The highest BCUT2D eigenvalue weighted by atomic mass is 16.6. The van der Waals surface area contributed by atoms with Crippen LogP contribution >= 0.6 is 0 Å². The highest BCUT2D eigenvalue weighted by Gasteiger charge is 2.58. The number of benzene rings is 2. The van der Waals surface area contributed by atoms with Crippen molar-refractivity contribution in [1.29, 1.82) is 0 Å². The Bertz CT molecular complexity index is 1840. The molecule has 3 aromatic rings. The Hall–Kier alpha value is -4.20.